The number of thioether (sulfide) groups is 1. The second kappa shape index (κ2) is 13.9. The van der Waals surface area contributed by atoms with Crippen LogP contribution in [0.3, 0.4) is 0 Å². The lowest BCUT2D eigenvalue weighted by Crippen LogP contribution is -2.21. The summed E-state index contributed by atoms with van der Waals surface area (Å²) in [6.45, 7) is 7.06. The van der Waals surface area contributed by atoms with Gasteiger partial charge in [0.15, 0.2) is 5.82 Å². The van der Waals surface area contributed by atoms with Crippen molar-refractivity contribution in [2.45, 2.75) is 31.0 Å². The molecule has 218 valence electrons. The van der Waals surface area contributed by atoms with E-state index >= 15 is 0 Å². The third-order valence-corrected chi connectivity index (χ3v) is 7.89. The zero-order chi connectivity index (χ0) is 29.4. The summed E-state index contributed by atoms with van der Waals surface area (Å²) in [5, 5.41) is 6.52. The summed E-state index contributed by atoms with van der Waals surface area (Å²) in [6.07, 6.45) is 2.54. The molecule has 41 heavy (non-hydrogen) atoms. The Hall–Kier alpha value is -3.45. The van der Waals surface area contributed by atoms with Crippen molar-refractivity contribution >= 4 is 62.2 Å². The second-order valence-corrected chi connectivity index (χ2v) is 12.2. The molecule has 3 N–H and O–H groups in total. The lowest BCUT2D eigenvalue weighted by Gasteiger charge is -2.15. The third-order valence-electron chi connectivity index (χ3n) is 6.01. The van der Waals surface area contributed by atoms with Crippen LogP contribution in [0.2, 0.25) is 5.02 Å². The Kier molecular flexibility index (Phi) is 10.4. The number of para-hydroxylation sites is 2. The van der Waals surface area contributed by atoms with Gasteiger partial charge in [0.05, 0.1) is 48.9 Å². The van der Waals surface area contributed by atoms with Crippen molar-refractivity contribution in [2.75, 3.05) is 41.8 Å². The first-order valence-corrected chi connectivity index (χ1v) is 16.2. The number of furan rings is 1. The molecule has 0 saturated carbocycles. The van der Waals surface area contributed by atoms with Crippen LogP contribution in [0.1, 0.15) is 25.4 Å². The van der Waals surface area contributed by atoms with Gasteiger partial charge in [0.2, 0.25) is 16.0 Å². The third kappa shape index (κ3) is 8.77. The number of aromatic nitrogens is 2. The first-order valence-electron chi connectivity index (χ1n) is 12.9. The smallest absolute Gasteiger partial charge is 0.229 e. The van der Waals surface area contributed by atoms with E-state index in [9.17, 15) is 8.42 Å². The molecule has 4 aromatic rings. The highest BCUT2D eigenvalue weighted by Crippen LogP contribution is 2.34. The Bertz CT molecular complexity index is 1580. The molecule has 0 fully saturated rings. The summed E-state index contributed by atoms with van der Waals surface area (Å²) in [4.78, 5) is 12.1. The molecule has 4 rings (SSSR count). The number of benzene rings is 2. The van der Waals surface area contributed by atoms with Crippen molar-refractivity contribution in [3.63, 3.8) is 0 Å². The summed E-state index contributed by atoms with van der Waals surface area (Å²) < 4.78 is 37.7. The van der Waals surface area contributed by atoms with E-state index in [1.165, 1.54) is 6.20 Å². The number of ether oxygens (including phenoxy) is 1. The molecule has 2 heterocycles. The fourth-order valence-corrected chi connectivity index (χ4v) is 5.45. The Balaban J connectivity index is 1.44. The van der Waals surface area contributed by atoms with Gasteiger partial charge in [-0.1, -0.05) is 37.6 Å². The molecular formula is C28H33ClN6O4S2. The molecule has 0 unspecified atom stereocenters. The summed E-state index contributed by atoms with van der Waals surface area (Å²) in [6, 6.07) is 16.7. The largest absolute Gasteiger partial charge is 0.495 e. The molecule has 2 aromatic heterocycles. The van der Waals surface area contributed by atoms with Crippen molar-refractivity contribution in [1.82, 2.24) is 14.9 Å². The Morgan fingerprint density at radius 3 is 2.44 bits per heavy atom. The quantitative estimate of drug-likeness (QED) is 0.132. The minimum absolute atomic E-state index is 0.265. The molecule has 0 aliphatic heterocycles. The van der Waals surface area contributed by atoms with E-state index in [1.54, 1.807) is 43.1 Å². The number of nitrogens with zero attached hydrogens (tertiary/aromatic N) is 3. The van der Waals surface area contributed by atoms with E-state index < -0.39 is 10.0 Å². The molecule has 0 spiro atoms. The SMILES string of the molecule is CCN(CC)Cc1ccc(CSc2ccc(Nc3ncc(Cl)c(Nc4ccccc4NS(C)(=O)=O)n3)c(OC)c2)o1. The maximum atomic E-state index is 11.8. The van der Waals surface area contributed by atoms with Gasteiger partial charge in [-0.25, -0.2) is 13.4 Å². The van der Waals surface area contributed by atoms with Crippen LogP contribution in [-0.4, -0.2) is 49.7 Å². The Morgan fingerprint density at radius 2 is 1.73 bits per heavy atom. The fourth-order valence-electron chi connectivity index (χ4n) is 3.92. The fraction of sp³-hybridized carbons (Fsp3) is 0.286. The van der Waals surface area contributed by atoms with E-state index in [4.69, 9.17) is 20.8 Å². The van der Waals surface area contributed by atoms with Crippen LogP contribution in [0, 0.1) is 0 Å². The average molecular weight is 617 g/mol. The molecule has 0 amide bonds. The molecule has 2 aromatic carbocycles. The van der Waals surface area contributed by atoms with E-state index in [1.807, 2.05) is 30.3 Å². The maximum Gasteiger partial charge on any atom is 0.229 e. The molecule has 0 aliphatic carbocycles. The van der Waals surface area contributed by atoms with Gasteiger partial charge >= 0.3 is 0 Å². The van der Waals surface area contributed by atoms with Gasteiger partial charge in [0.1, 0.15) is 22.3 Å². The van der Waals surface area contributed by atoms with Crippen LogP contribution in [0.15, 0.2) is 70.1 Å². The monoisotopic (exact) mass is 616 g/mol. The topological polar surface area (TPSA) is 122 Å². The molecule has 0 saturated heterocycles. The highest BCUT2D eigenvalue weighted by atomic mass is 35.5. The van der Waals surface area contributed by atoms with Gasteiger partial charge in [-0.2, -0.15) is 4.98 Å². The maximum absolute atomic E-state index is 11.8. The summed E-state index contributed by atoms with van der Waals surface area (Å²) in [5.74, 6) is 3.78. The number of sulfonamides is 1. The average Bonchev–Trinajstić information content (AvgIpc) is 3.40. The number of methoxy groups -OCH3 is 1. The number of nitrogens with one attached hydrogen (secondary N) is 3. The molecule has 0 aliphatic rings. The number of halogens is 1. The van der Waals surface area contributed by atoms with E-state index in [0.717, 1.165) is 42.3 Å². The van der Waals surface area contributed by atoms with Crippen LogP contribution >= 0.6 is 23.4 Å². The Labute approximate surface area is 249 Å². The van der Waals surface area contributed by atoms with Gasteiger partial charge in [-0.3, -0.25) is 9.62 Å². The van der Waals surface area contributed by atoms with E-state index in [0.29, 0.717) is 34.4 Å². The number of hydrogen-bond donors (Lipinski definition) is 3. The zero-order valence-corrected chi connectivity index (χ0v) is 25.7. The van der Waals surface area contributed by atoms with Gasteiger partial charge < -0.3 is 19.8 Å². The first-order chi connectivity index (χ1) is 19.7. The van der Waals surface area contributed by atoms with Crippen LogP contribution in [0.5, 0.6) is 5.75 Å². The summed E-state index contributed by atoms with van der Waals surface area (Å²) in [7, 11) is -1.88. The number of hydrogen-bond acceptors (Lipinski definition) is 10. The summed E-state index contributed by atoms with van der Waals surface area (Å²) in [5.41, 5.74) is 1.52. The van der Waals surface area contributed by atoms with Crippen molar-refractivity contribution in [3.8, 4) is 5.75 Å². The molecule has 0 bridgehead atoms. The Morgan fingerprint density at radius 1 is 1.00 bits per heavy atom. The lowest BCUT2D eigenvalue weighted by molar-refractivity contribution is 0.266. The van der Waals surface area contributed by atoms with Gasteiger partial charge in [0.25, 0.3) is 0 Å². The van der Waals surface area contributed by atoms with Crippen LogP contribution in [0.4, 0.5) is 28.8 Å². The van der Waals surface area contributed by atoms with Crippen LogP contribution in [0.25, 0.3) is 0 Å². The predicted octanol–water partition coefficient (Wildman–Crippen LogP) is 6.72. The van der Waals surface area contributed by atoms with Crippen molar-refractivity contribution in [3.05, 3.63) is 77.3 Å². The van der Waals surface area contributed by atoms with Gasteiger partial charge in [-0.15, -0.1) is 11.8 Å². The molecule has 0 radical (unpaired) electrons. The van der Waals surface area contributed by atoms with Gasteiger partial charge in [-0.05, 0) is 55.6 Å². The van der Waals surface area contributed by atoms with E-state index in [-0.39, 0.29) is 11.0 Å². The highest BCUT2D eigenvalue weighted by Gasteiger charge is 2.13. The van der Waals surface area contributed by atoms with Crippen molar-refractivity contribution < 1.29 is 17.6 Å². The summed E-state index contributed by atoms with van der Waals surface area (Å²) >= 11 is 8.00. The standard InChI is InChI=1S/C28H33ClN6O4S2/c1-5-35(6-2)17-19-11-12-20(39-19)18-40-21-13-14-25(26(15-21)38-3)32-28-30-16-22(29)27(33-28)31-23-9-7-8-10-24(23)34-41(4,36)37/h7-16,34H,5-6,17-18H2,1-4H3,(H2,30,31,32,33). The minimum atomic E-state index is -3.48. The lowest BCUT2D eigenvalue weighted by atomic mass is 10.2. The van der Waals surface area contributed by atoms with Gasteiger partial charge in [0, 0.05) is 4.90 Å². The molecule has 0 atom stereocenters. The van der Waals surface area contributed by atoms with Crippen LogP contribution < -0.4 is 20.1 Å². The van der Waals surface area contributed by atoms with Crippen molar-refractivity contribution in [2.24, 2.45) is 0 Å². The zero-order valence-electron chi connectivity index (χ0n) is 23.3. The molecule has 13 heteroatoms. The molecule has 10 nitrogen and oxygen atoms in total. The second-order valence-electron chi connectivity index (χ2n) is 9.04. The number of anilines is 5. The number of rotatable bonds is 14. The highest BCUT2D eigenvalue weighted by molar-refractivity contribution is 7.98. The predicted molar refractivity (Wildman–Crippen MR) is 166 cm³/mol. The van der Waals surface area contributed by atoms with E-state index in [2.05, 4.69) is 44.1 Å². The first kappa shape index (κ1) is 30.5. The van der Waals surface area contributed by atoms with Crippen molar-refractivity contribution in [1.29, 1.82) is 0 Å². The molecular weight excluding hydrogens is 584 g/mol. The normalized spacial score (nSPS) is 11.5. The van der Waals surface area contributed by atoms with Crippen LogP contribution in [-0.2, 0) is 22.3 Å². The minimum Gasteiger partial charge on any atom is -0.495 e.